The molecule has 1 aliphatic heterocycles. The van der Waals surface area contributed by atoms with Gasteiger partial charge in [-0.3, -0.25) is 4.79 Å². The highest BCUT2D eigenvalue weighted by molar-refractivity contribution is 7.88. The summed E-state index contributed by atoms with van der Waals surface area (Å²) in [6.45, 7) is 7.87. The van der Waals surface area contributed by atoms with Crippen LogP contribution in [0.5, 0.6) is 5.75 Å². The van der Waals surface area contributed by atoms with E-state index in [1.165, 1.54) is 16.1 Å². The number of benzene rings is 1. The van der Waals surface area contributed by atoms with Crippen LogP contribution in [0.2, 0.25) is 0 Å². The van der Waals surface area contributed by atoms with E-state index in [1.54, 1.807) is 4.90 Å². The fraction of sp³-hybridized carbons (Fsp3) is 0.588. The Morgan fingerprint density at radius 1 is 1.08 bits per heavy atom. The van der Waals surface area contributed by atoms with E-state index in [4.69, 9.17) is 4.74 Å². The lowest BCUT2D eigenvalue weighted by molar-refractivity contribution is -0.134. The van der Waals surface area contributed by atoms with E-state index in [0.29, 0.717) is 31.9 Å². The average molecular weight is 354 g/mol. The van der Waals surface area contributed by atoms with Crippen LogP contribution in [0.15, 0.2) is 24.3 Å². The van der Waals surface area contributed by atoms with Gasteiger partial charge in [-0.05, 0) is 23.1 Å². The molecule has 1 amide bonds. The van der Waals surface area contributed by atoms with Crippen molar-refractivity contribution in [1.82, 2.24) is 9.21 Å². The van der Waals surface area contributed by atoms with Gasteiger partial charge in [-0.1, -0.05) is 32.9 Å². The van der Waals surface area contributed by atoms with E-state index in [0.717, 1.165) is 0 Å². The Morgan fingerprint density at radius 2 is 1.62 bits per heavy atom. The third kappa shape index (κ3) is 4.95. The Hall–Kier alpha value is -1.60. The molecule has 0 atom stereocenters. The van der Waals surface area contributed by atoms with Gasteiger partial charge in [0.15, 0.2) is 6.61 Å². The van der Waals surface area contributed by atoms with Crippen LogP contribution in [0.4, 0.5) is 0 Å². The maximum Gasteiger partial charge on any atom is 0.260 e. The molecular weight excluding hydrogens is 328 g/mol. The summed E-state index contributed by atoms with van der Waals surface area (Å²) in [6.07, 6.45) is 1.19. The predicted octanol–water partition coefficient (Wildman–Crippen LogP) is 1.47. The van der Waals surface area contributed by atoms with Gasteiger partial charge in [0.2, 0.25) is 10.0 Å². The highest BCUT2D eigenvalue weighted by Gasteiger charge is 2.26. The molecule has 1 aromatic rings. The largest absolute Gasteiger partial charge is 0.484 e. The summed E-state index contributed by atoms with van der Waals surface area (Å²) in [5.41, 5.74) is 1.28. The quantitative estimate of drug-likeness (QED) is 0.821. The molecule has 1 heterocycles. The van der Waals surface area contributed by atoms with Gasteiger partial charge in [0.25, 0.3) is 5.91 Å². The molecular formula is C17H26N2O4S. The van der Waals surface area contributed by atoms with Gasteiger partial charge in [0, 0.05) is 26.2 Å². The standard InChI is InChI=1S/C17H26N2O4S/c1-17(2,3)14-5-7-15(8-6-14)23-13-16(20)18-9-11-19(12-10-18)24(4,21)22/h5-8H,9-13H2,1-4H3. The number of piperazine rings is 1. The van der Waals surface area contributed by atoms with Crippen molar-refractivity contribution in [3.05, 3.63) is 29.8 Å². The SMILES string of the molecule is CC(C)(C)c1ccc(OCC(=O)N2CCN(S(C)(=O)=O)CC2)cc1. The Morgan fingerprint density at radius 3 is 2.08 bits per heavy atom. The number of rotatable bonds is 4. The van der Waals surface area contributed by atoms with Crippen LogP contribution < -0.4 is 4.74 Å². The molecule has 1 aliphatic rings. The smallest absolute Gasteiger partial charge is 0.260 e. The lowest BCUT2D eigenvalue weighted by Crippen LogP contribution is -2.51. The second-order valence-corrected chi connectivity index (χ2v) is 9.09. The van der Waals surface area contributed by atoms with Crippen molar-refractivity contribution in [1.29, 1.82) is 0 Å². The normalized spacial score (nSPS) is 16.9. The Kier molecular flexibility index (Phi) is 5.55. The molecule has 0 N–H and O–H groups in total. The van der Waals surface area contributed by atoms with E-state index in [2.05, 4.69) is 20.8 Å². The van der Waals surface area contributed by atoms with Gasteiger partial charge >= 0.3 is 0 Å². The number of hydrogen-bond acceptors (Lipinski definition) is 4. The molecule has 0 aliphatic carbocycles. The van der Waals surface area contributed by atoms with E-state index in [-0.39, 0.29) is 17.9 Å². The summed E-state index contributed by atoms with van der Waals surface area (Å²) in [5, 5.41) is 0. The zero-order chi connectivity index (χ0) is 18.0. The maximum absolute atomic E-state index is 12.2. The molecule has 2 rings (SSSR count). The molecule has 1 saturated heterocycles. The zero-order valence-electron chi connectivity index (χ0n) is 14.8. The summed E-state index contributed by atoms with van der Waals surface area (Å²) in [4.78, 5) is 13.8. The van der Waals surface area contributed by atoms with Gasteiger partial charge < -0.3 is 9.64 Å². The van der Waals surface area contributed by atoms with Gasteiger partial charge in [0.05, 0.1) is 6.26 Å². The van der Waals surface area contributed by atoms with Crippen LogP contribution in [0.3, 0.4) is 0 Å². The van der Waals surface area contributed by atoms with Crippen LogP contribution in [0, 0.1) is 0 Å². The maximum atomic E-state index is 12.2. The van der Waals surface area contributed by atoms with Gasteiger partial charge in [-0.25, -0.2) is 8.42 Å². The molecule has 0 aromatic heterocycles. The summed E-state index contributed by atoms with van der Waals surface area (Å²) in [5.74, 6) is 0.536. The monoisotopic (exact) mass is 354 g/mol. The van der Waals surface area contributed by atoms with Crippen molar-refractivity contribution in [3.8, 4) is 5.75 Å². The van der Waals surface area contributed by atoms with Crippen LogP contribution in [-0.4, -0.2) is 62.6 Å². The summed E-state index contributed by atoms with van der Waals surface area (Å²) >= 11 is 0. The number of hydrogen-bond donors (Lipinski definition) is 0. The minimum absolute atomic E-state index is 0.0340. The topological polar surface area (TPSA) is 66.9 Å². The molecule has 1 aromatic carbocycles. The van der Waals surface area contributed by atoms with Crippen LogP contribution in [-0.2, 0) is 20.2 Å². The molecule has 0 saturated carbocycles. The fourth-order valence-corrected chi connectivity index (χ4v) is 3.38. The van der Waals surface area contributed by atoms with Crippen molar-refractivity contribution < 1.29 is 17.9 Å². The first-order valence-electron chi connectivity index (χ1n) is 8.03. The molecule has 6 nitrogen and oxygen atoms in total. The van der Waals surface area contributed by atoms with Crippen LogP contribution >= 0.6 is 0 Å². The predicted molar refractivity (Wildman–Crippen MR) is 93.6 cm³/mol. The number of carbonyl (C=O) groups excluding carboxylic acids is 1. The molecule has 0 radical (unpaired) electrons. The first kappa shape index (κ1) is 18.7. The van der Waals surface area contributed by atoms with Crippen molar-refractivity contribution in [3.63, 3.8) is 0 Å². The Labute approximate surface area is 144 Å². The summed E-state index contributed by atoms with van der Waals surface area (Å²) < 4.78 is 29.9. The first-order valence-corrected chi connectivity index (χ1v) is 9.88. The zero-order valence-corrected chi connectivity index (χ0v) is 15.6. The van der Waals surface area contributed by atoms with Crippen molar-refractivity contribution in [2.75, 3.05) is 39.0 Å². The number of ether oxygens (including phenoxy) is 1. The van der Waals surface area contributed by atoms with Gasteiger partial charge in [0.1, 0.15) is 5.75 Å². The highest BCUT2D eigenvalue weighted by atomic mass is 32.2. The molecule has 0 bridgehead atoms. The van der Waals surface area contributed by atoms with E-state index in [1.807, 2.05) is 24.3 Å². The highest BCUT2D eigenvalue weighted by Crippen LogP contribution is 2.24. The third-order valence-corrected chi connectivity index (χ3v) is 5.45. The lowest BCUT2D eigenvalue weighted by atomic mass is 9.87. The number of amides is 1. The van der Waals surface area contributed by atoms with Gasteiger partial charge in [-0.15, -0.1) is 0 Å². The third-order valence-electron chi connectivity index (χ3n) is 4.14. The summed E-state index contributed by atoms with van der Waals surface area (Å²) in [6, 6.07) is 7.75. The number of carbonyl (C=O) groups is 1. The fourth-order valence-electron chi connectivity index (χ4n) is 2.56. The van der Waals surface area contributed by atoms with Crippen LogP contribution in [0.25, 0.3) is 0 Å². The van der Waals surface area contributed by atoms with E-state index in [9.17, 15) is 13.2 Å². The minimum Gasteiger partial charge on any atom is -0.484 e. The summed E-state index contributed by atoms with van der Waals surface area (Å²) in [7, 11) is -3.18. The molecule has 7 heteroatoms. The number of sulfonamides is 1. The molecule has 1 fully saturated rings. The van der Waals surface area contributed by atoms with Gasteiger partial charge in [-0.2, -0.15) is 4.31 Å². The second-order valence-electron chi connectivity index (χ2n) is 7.11. The second kappa shape index (κ2) is 7.11. The first-order chi connectivity index (χ1) is 11.1. The molecule has 0 unspecified atom stereocenters. The van der Waals surface area contributed by atoms with Crippen LogP contribution in [0.1, 0.15) is 26.3 Å². The van der Waals surface area contributed by atoms with E-state index >= 15 is 0 Å². The average Bonchev–Trinajstić information content (AvgIpc) is 2.51. The minimum atomic E-state index is -3.18. The lowest BCUT2D eigenvalue weighted by Gasteiger charge is -2.33. The number of nitrogens with zero attached hydrogens (tertiary/aromatic N) is 2. The Bertz CT molecular complexity index is 670. The molecule has 0 spiro atoms. The molecule has 134 valence electrons. The van der Waals surface area contributed by atoms with Crippen molar-refractivity contribution in [2.24, 2.45) is 0 Å². The van der Waals surface area contributed by atoms with Crippen molar-refractivity contribution in [2.45, 2.75) is 26.2 Å². The molecule has 24 heavy (non-hydrogen) atoms. The Balaban J connectivity index is 1.84. The van der Waals surface area contributed by atoms with Crippen molar-refractivity contribution >= 4 is 15.9 Å². The van der Waals surface area contributed by atoms with E-state index < -0.39 is 10.0 Å².